The van der Waals surface area contributed by atoms with E-state index in [1.165, 1.54) is 38.2 Å². The van der Waals surface area contributed by atoms with Crippen LogP contribution in [-0.2, 0) is 5.75 Å². The Labute approximate surface area is 169 Å². The molecule has 7 heteroatoms. The molecule has 0 spiro atoms. The minimum Gasteiger partial charge on any atom is -0.334 e. The third kappa shape index (κ3) is 3.63. The van der Waals surface area contributed by atoms with Crippen molar-refractivity contribution < 1.29 is 0 Å². The number of benzene rings is 2. The smallest absolute Gasteiger partial charge is 0.282 e. The highest BCUT2D eigenvalue weighted by molar-refractivity contribution is 7.98. The summed E-state index contributed by atoms with van der Waals surface area (Å²) in [7, 11) is 0. The van der Waals surface area contributed by atoms with E-state index in [0.29, 0.717) is 16.3 Å². The minimum absolute atomic E-state index is 0.208. The first kappa shape index (κ1) is 18.2. The summed E-state index contributed by atoms with van der Waals surface area (Å²) in [5, 5.41) is 3.09. The number of nitrogen functional groups attached to an aromatic ring is 1. The van der Waals surface area contributed by atoms with Gasteiger partial charge in [0, 0.05) is 21.6 Å². The van der Waals surface area contributed by atoms with Crippen LogP contribution in [0.5, 0.6) is 0 Å². The van der Waals surface area contributed by atoms with Crippen molar-refractivity contribution in [2.75, 3.05) is 12.1 Å². The van der Waals surface area contributed by atoms with Crippen molar-refractivity contribution in [1.82, 2.24) is 9.66 Å². The highest BCUT2D eigenvalue weighted by Gasteiger charge is 2.16. The topological polar surface area (TPSA) is 60.9 Å². The normalized spacial score (nSPS) is 11.1. The molecule has 0 radical (unpaired) electrons. The van der Waals surface area contributed by atoms with E-state index in [0.717, 1.165) is 16.0 Å². The first-order valence-electron chi connectivity index (χ1n) is 8.28. The zero-order valence-electron chi connectivity index (χ0n) is 14.6. The van der Waals surface area contributed by atoms with E-state index in [1.807, 2.05) is 35.7 Å². The van der Waals surface area contributed by atoms with Gasteiger partial charge in [-0.1, -0.05) is 54.2 Å². The van der Waals surface area contributed by atoms with Gasteiger partial charge in [0.25, 0.3) is 5.56 Å². The van der Waals surface area contributed by atoms with Crippen molar-refractivity contribution in [3.63, 3.8) is 0 Å². The fourth-order valence-electron chi connectivity index (χ4n) is 2.79. The van der Waals surface area contributed by atoms with E-state index in [2.05, 4.69) is 35.5 Å². The van der Waals surface area contributed by atoms with Gasteiger partial charge in [-0.15, -0.1) is 23.1 Å². The van der Waals surface area contributed by atoms with E-state index in [4.69, 9.17) is 5.84 Å². The lowest BCUT2D eigenvalue weighted by Crippen LogP contribution is -2.29. The maximum atomic E-state index is 12.9. The first-order chi connectivity index (χ1) is 13.2. The van der Waals surface area contributed by atoms with Crippen LogP contribution in [0.25, 0.3) is 21.3 Å². The van der Waals surface area contributed by atoms with E-state index < -0.39 is 0 Å². The third-order valence-electron chi connectivity index (χ3n) is 4.22. The average molecular weight is 412 g/mol. The molecule has 0 aliphatic rings. The van der Waals surface area contributed by atoms with Gasteiger partial charge in [0.2, 0.25) is 0 Å². The van der Waals surface area contributed by atoms with E-state index in [9.17, 15) is 4.79 Å². The van der Waals surface area contributed by atoms with Gasteiger partial charge >= 0.3 is 0 Å². The highest BCUT2D eigenvalue weighted by atomic mass is 32.2. The summed E-state index contributed by atoms with van der Waals surface area (Å²) in [6.07, 6.45) is 2.06. The molecule has 0 saturated heterocycles. The number of fused-ring (bicyclic) bond motifs is 1. The Hall–Kier alpha value is -2.22. The van der Waals surface area contributed by atoms with Crippen molar-refractivity contribution in [1.29, 1.82) is 0 Å². The molecule has 2 heterocycles. The van der Waals surface area contributed by atoms with Crippen LogP contribution < -0.4 is 11.4 Å². The maximum Gasteiger partial charge on any atom is 0.282 e. The largest absolute Gasteiger partial charge is 0.334 e. The van der Waals surface area contributed by atoms with Crippen LogP contribution in [0, 0.1) is 0 Å². The zero-order chi connectivity index (χ0) is 18.8. The summed E-state index contributed by atoms with van der Waals surface area (Å²) in [6, 6.07) is 18.2. The Kier molecular flexibility index (Phi) is 5.24. The monoisotopic (exact) mass is 411 g/mol. The summed E-state index contributed by atoms with van der Waals surface area (Å²) in [5.74, 6) is 6.80. The molecule has 0 unspecified atom stereocenters. The summed E-state index contributed by atoms with van der Waals surface area (Å²) in [4.78, 5) is 19.5. The second-order valence-corrected chi connectivity index (χ2v) is 8.58. The number of thiophene rings is 1. The van der Waals surface area contributed by atoms with Crippen LogP contribution in [0.3, 0.4) is 0 Å². The molecule has 4 nitrogen and oxygen atoms in total. The minimum atomic E-state index is -0.208. The molecule has 0 bridgehead atoms. The summed E-state index contributed by atoms with van der Waals surface area (Å²) in [6.45, 7) is 0. The van der Waals surface area contributed by atoms with Crippen LogP contribution in [0.1, 0.15) is 5.56 Å². The van der Waals surface area contributed by atoms with Crippen LogP contribution in [0.4, 0.5) is 0 Å². The van der Waals surface area contributed by atoms with Crippen LogP contribution in [0.15, 0.2) is 74.8 Å². The fraction of sp³-hybridized carbons (Fsp3) is 0.100. The Morgan fingerprint density at radius 1 is 1.11 bits per heavy atom. The summed E-state index contributed by atoms with van der Waals surface area (Å²) in [5.41, 5.74) is 2.84. The molecule has 4 rings (SSSR count). The Bertz CT molecular complexity index is 1140. The van der Waals surface area contributed by atoms with E-state index in [-0.39, 0.29) is 5.56 Å². The predicted molar refractivity (Wildman–Crippen MR) is 117 cm³/mol. The standard InChI is InChI=1S/C20H17N3OS3/c1-25-15-9-7-13(8-10-15)11-27-20-22-18-17(19(24)23(20)21)16(12-26-18)14-5-3-2-4-6-14/h2-10,12H,11,21H2,1H3. The Morgan fingerprint density at radius 2 is 1.85 bits per heavy atom. The van der Waals surface area contributed by atoms with Gasteiger partial charge in [0.1, 0.15) is 4.83 Å². The van der Waals surface area contributed by atoms with E-state index >= 15 is 0 Å². The summed E-state index contributed by atoms with van der Waals surface area (Å²) >= 11 is 4.67. The molecule has 0 atom stereocenters. The lowest BCUT2D eigenvalue weighted by atomic mass is 10.1. The fourth-order valence-corrected chi connectivity index (χ4v) is 5.06. The SMILES string of the molecule is CSc1ccc(CSc2nc3scc(-c4ccccc4)c3c(=O)n2N)cc1. The van der Waals surface area contributed by atoms with Crippen molar-refractivity contribution in [3.8, 4) is 11.1 Å². The molecule has 0 aliphatic carbocycles. The number of hydrogen-bond acceptors (Lipinski definition) is 6. The molecule has 2 aromatic heterocycles. The second-order valence-electron chi connectivity index (χ2n) is 5.90. The molecular weight excluding hydrogens is 394 g/mol. The van der Waals surface area contributed by atoms with E-state index in [1.54, 1.807) is 11.8 Å². The van der Waals surface area contributed by atoms with Gasteiger partial charge in [-0.3, -0.25) is 4.79 Å². The van der Waals surface area contributed by atoms with Gasteiger partial charge in [-0.25, -0.2) is 9.66 Å². The number of rotatable bonds is 5. The van der Waals surface area contributed by atoms with Crippen molar-refractivity contribution in [3.05, 3.63) is 75.9 Å². The number of hydrogen-bond donors (Lipinski definition) is 1. The molecule has 27 heavy (non-hydrogen) atoms. The molecule has 0 fully saturated rings. The molecule has 0 amide bonds. The molecular formula is C20H17N3OS3. The molecule has 136 valence electrons. The van der Waals surface area contributed by atoms with Crippen molar-refractivity contribution in [2.24, 2.45) is 0 Å². The maximum absolute atomic E-state index is 12.9. The van der Waals surface area contributed by atoms with Gasteiger partial charge in [0.15, 0.2) is 5.16 Å². The van der Waals surface area contributed by atoms with Crippen LogP contribution >= 0.6 is 34.9 Å². The number of aromatic nitrogens is 2. The molecule has 2 aromatic carbocycles. The molecule has 0 aliphatic heterocycles. The van der Waals surface area contributed by atoms with Gasteiger partial charge in [-0.05, 0) is 29.5 Å². The quantitative estimate of drug-likeness (QED) is 0.289. The van der Waals surface area contributed by atoms with Gasteiger partial charge in [-0.2, -0.15) is 0 Å². The Balaban J connectivity index is 1.67. The van der Waals surface area contributed by atoms with Crippen molar-refractivity contribution >= 4 is 45.1 Å². The van der Waals surface area contributed by atoms with Crippen molar-refractivity contribution in [2.45, 2.75) is 15.8 Å². The molecule has 0 saturated carbocycles. The average Bonchev–Trinajstić information content (AvgIpc) is 3.14. The number of nitrogens with zero attached hydrogens (tertiary/aromatic N) is 2. The lowest BCUT2D eigenvalue weighted by molar-refractivity contribution is 0.782. The zero-order valence-corrected chi connectivity index (χ0v) is 17.0. The van der Waals surface area contributed by atoms with Crippen LogP contribution in [-0.4, -0.2) is 15.9 Å². The predicted octanol–water partition coefficient (Wildman–Crippen LogP) is 4.85. The first-order valence-corrected chi connectivity index (χ1v) is 11.4. The highest BCUT2D eigenvalue weighted by Crippen LogP contribution is 2.32. The molecule has 2 N–H and O–H groups in total. The number of nitrogens with two attached hydrogens (primary N) is 1. The number of thioether (sulfide) groups is 2. The molecule has 4 aromatic rings. The third-order valence-corrected chi connectivity index (χ3v) is 6.86. The second kappa shape index (κ2) is 7.80. The van der Waals surface area contributed by atoms with Gasteiger partial charge in [0.05, 0.1) is 5.39 Å². The van der Waals surface area contributed by atoms with Crippen LogP contribution in [0.2, 0.25) is 0 Å². The Morgan fingerprint density at radius 3 is 2.56 bits per heavy atom. The lowest BCUT2D eigenvalue weighted by Gasteiger charge is -2.08. The van der Waals surface area contributed by atoms with Gasteiger partial charge < -0.3 is 5.84 Å². The summed E-state index contributed by atoms with van der Waals surface area (Å²) < 4.78 is 1.17.